The maximum absolute atomic E-state index is 12.8. The lowest BCUT2D eigenvalue weighted by Crippen LogP contribution is -2.41. The molecule has 2 aliphatic heterocycles. The number of likely N-dealkylation sites (tertiary alicyclic amines) is 1. The van der Waals surface area contributed by atoms with Gasteiger partial charge in [0, 0.05) is 50.3 Å². The first kappa shape index (κ1) is 25.9. The molecule has 0 radical (unpaired) electrons. The predicted molar refractivity (Wildman–Crippen MR) is 136 cm³/mol. The second-order valence-electron chi connectivity index (χ2n) is 9.36. The van der Waals surface area contributed by atoms with E-state index in [-0.39, 0.29) is 16.6 Å². The maximum Gasteiger partial charge on any atom is 0.324 e. The highest BCUT2D eigenvalue weighted by Gasteiger charge is 2.30. The molecule has 4 rings (SSSR count). The Labute approximate surface area is 211 Å². The summed E-state index contributed by atoms with van der Waals surface area (Å²) in [5, 5.41) is 10.8. The van der Waals surface area contributed by atoms with Crippen molar-refractivity contribution in [3.63, 3.8) is 0 Å². The summed E-state index contributed by atoms with van der Waals surface area (Å²) in [5.74, 6) is 1.26. The lowest BCUT2D eigenvalue weighted by molar-refractivity contribution is -0.384. The number of nitro benzene ring substituents is 1. The number of carbonyl (C=O) groups is 1. The van der Waals surface area contributed by atoms with Crippen LogP contribution in [0.3, 0.4) is 0 Å². The van der Waals surface area contributed by atoms with Gasteiger partial charge in [0.05, 0.1) is 16.4 Å². The summed E-state index contributed by atoms with van der Waals surface area (Å²) >= 11 is 0. The van der Waals surface area contributed by atoms with Crippen LogP contribution >= 0.6 is 0 Å². The van der Waals surface area contributed by atoms with Gasteiger partial charge in [0.15, 0.2) is 9.84 Å². The third kappa shape index (κ3) is 6.52. The van der Waals surface area contributed by atoms with Gasteiger partial charge < -0.3 is 14.5 Å². The number of piperidine rings is 1. The van der Waals surface area contributed by atoms with Crippen LogP contribution in [0.25, 0.3) is 0 Å². The number of benzene rings is 2. The first-order valence-electron chi connectivity index (χ1n) is 12.2. The Kier molecular flexibility index (Phi) is 8.10. The highest BCUT2D eigenvalue weighted by atomic mass is 32.2. The molecule has 0 saturated carbocycles. The Morgan fingerprint density at radius 1 is 0.972 bits per heavy atom. The van der Waals surface area contributed by atoms with Crippen LogP contribution in [-0.4, -0.2) is 81.3 Å². The van der Waals surface area contributed by atoms with E-state index in [1.165, 1.54) is 18.4 Å². The molecule has 36 heavy (non-hydrogen) atoms. The number of rotatable bonds is 10. The molecule has 0 spiro atoms. The second kappa shape index (κ2) is 11.3. The normalized spacial score (nSPS) is 17.5. The number of urea groups is 1. The van der Waals surface area contributed by atoms with E-state index in [0.717, 1.165) is 38.9 Å². The number of anilines is 1. The van der Waals surface area contributed by atoms with E-state index in [0.29, 0.717) is 43.6 Å². The molecule has 0 unspecified atom stereocenters. The van der Waals surface area contributed by atoms with Crippen molar-refractivity contribution in [1.29, 1.82) is 0 Å². The van der Waals surface area contributed by atoms with E-state index in [2.05, 4.69) is 4.90 Å². The van der Waals surface area contributed by atoms with Crippen LogP contribution < -0.4 is 9.64 Å². The van der Waals surface area contributed by atoms with Crippen molar-refractivity contribution in [2.24, 2.45) is 5.92 Å². The fraction of sp³-hybridized carbons (Fsp3) is 0.480. The molecule has 2 amide bonds. The van der Waals surface area contributed by atoms with Gasteiger partial charge in [0.25, 0.3) is 5.69 Å². The molecule has 0 aromatic heterocycles. The predicted octanol–water partition coefficient (Wildman–Crippen LogP) is 3.42. The molecule has 10 nitrogen and oxygen atoms in total. The van der Waals surface area contributed by atoms with E-state index in [1.54, 1.807) is 41.3 Å². The van der Waals surface area contributed by atoms with Crippen molar-refractivity contribution < 1.29 is 22.9 Å². The van der Waals surface area contributed by atoms with Gasteiger partial charge in [-0.3, -0.25) is 15.0 Å². The highest BCUT2D eigenvalue weighted by molar-refractivity contribution is 7.90. The number of amides is 2. The zero-order valence-electron chi connectivity index (χ0n) is 20.4. The molecule has 2 heterocycles. The standard InChI is InChI=1S/C25H32N4O6S/c1-36(33,34)24-8-6-23(7-9-24)35-19-12-20-10-13-26(14-11-20)15-16-27-17-18-28(25(27)30)21-2-4-22(5-3-21)29(31)32/h2-9,20H,10-19H2,1H3. The van der Waals surface area contributed by atoms with Crippen molar-refractivity contribution in [1.82, 2.24) is 9.80 Å². The minimum absolute atomic E-state index is 0.0143. The lowest BCUT2D eigenvalue weighted by Gasteiger charge is -2.33. The quantitative estimate of drug-likeness (QED) is 0.351. The molecule has 0 N–H and O–H groups in total. The van der Waals surface area contributed by atoms with Crippen LogP contribution in [0.5, 0.6) is 5.75 Å². The van der Waals surface area contributed by atoms with Crippen LogP contribution in [0, 0.1) is 16.0 Å². The Morgan fingerprint density at radius 2 is 1.64 bits per heavy atom. The molecule has 2 fully saturated rings. The molecule has 2 aromatic carbocycles. The molecular weight excluding hydrogens is 484 g/mol. The Morgan fingerprint density at radius 3 is 2.25 bits per heavy atom. The second-order valence-corrected chi connectivity index (χ2v) is 11.4. The van der Waals surface area contributed by atoms with E-state index < -0.39 is 14.8 Å². The van der Waals surface area contributed by atoms with Crippen LogP contribution in [0.1, 0.15) is 19.3 Å². The summed E-state index contributed by atoms with van der Waals surface area (Å²) in [4.78, 5) is 29.4. The first-order valence-corrected chi connectivity index (χ1v) is 14.1. The summed E-state index contributed by atoms with van der Waals surface area (Å²) in [6, 6.07) is 12.6. The largest absolute Gasteiger partial charge is 0.494 e. The maximum atomic E-state index is 12.8. The van der Waals surface area contributed by atoms with Gasteiger partial charge >= 0.3 is 6.03 Å². The summed E-state index contributed by atoms with van der Waals surface area (Å²) < 4.78 is 28.9. The van der Waals surface area contributed by atoms with E-state index in [1.807, 2.05) is 4.90 Å². The number of sulfone groups is 1. The van der Waals surface area contributed by atoms with Gasteiger partial charge in [-0.15, -0.1) is 0 Å². The van der Waals surface area contributed by atoms with Crippen LogP contribution in [0.4, 0.5) is 16.2 Å². The number of nitro groups is 1. The molecule has 0 atom stereocenters. The van der Waals surface area contributed by atoms with Crippen molar-refractivity contribution in [3.8, 4) is 5.75 Å². The van der Waals surface area contributed by atoms with Crippen molar-refractivity contribution in [3.05, 3.63) is 58.6 Å². The molecule has 0 aliphatic carbocycles. The van der Waals surface area contributed by atoms with Gasteiger partial charge in [0.2, 0.25) is 0 Å². The monoisotopic (exact) mass is 516 g/mol. The topological polar surface area (TPSA) is 113 Å². The summed E-state index contributed by atoms with van der Waals surface area (Å²) in [6.07, 6.45) is 4.31. The summed E-state index contributed by atoms with van der Waals surface area (Å²) in [6.45, 7) is 5.30. The number of hydrogen-bond donors (Lipinski definition) is 0. The van der Waals surface area contributed by atoms with E-state index >= 15 is 0 Å². The van der Waals surface area contributed by atoms with Gasteiger partial charge in [-0.25, -0.2) is 13.2 Å². The lowest BCUT2D eigenvalue weighted by atomic mass is 9.94. The minimum atomic E-state index is -3.20. The van der Waals surface area contributed by atoms with Gasteiger partial charge in [0.1, 0.15) is 5.75 Å². The summed E-state index contributed by atoms with van der Waals surface area (Å²) in [7, 11) is -3.20. The third-order valence-corrected chi connectivity index (χ3v) is 8.04. The summed E-state index contributed by atoms with van der Waals surface area (Å²) in [5.41, 5.74) is 0.697. The third-order valence-electron chi connectivity index (χ3n) is 6.91. The zero-order valence-corrected chi connectivity index (χ0v) is 21.2. The van der Waals surface area contributed by atoms with Crippen LogP contribution in [0.15, 0.2) is 53.4 Å². The Balaban J connectivity index is 1.14. The average molecular weight is 517 g/mol. The molecule has 2 aliphatic rings. The Hall–Kier alpha value is -3.18. The van der Waals surface area contributed by atoms with Gasteiger partial charge in [-0.05, 0) is 74.7 Å². The number of non-ortho nitro benzene ring substituents is 1. The van der Waals surface area contributed by atoms with Gasteiger partial charge in [-0.2, -0.15) is 0 Å². The molecule has 194 valence electrons. The average Bonchev–Trinajstić information content (AvgIpc) is 3.23. The molecule has 2 saturated heterocycles. The number of hydrogen-bond acceptors (Lipinski definition) is 7. The van der Waals surface area contributed by atoms with Crippen LogP contribution in [0.2, 0.25) is 0 Å². The smallest absolute Gasteiger partial charge is 0.324 e. The molecule has 2 aromatic rings. The Bertz CT molecular complexity index is 1160. The fourth-order valence-corrected chi connectivity index (χ4v) is 5.30. The van der Waals surface area contributed by atoms with E-state index in [9.17, 15) is 23.3 Å². The number of nitrogens with zero attached hydrogens (tertiary/aromatic N) is 4. The number of ether oxygens (including phenoxy) is 1. The van der Waals surface area contributed by atoms with Crippen molar-refractivity contribution in [2.45, 2.75) is 24.2 Å². The van der Waals surface area contributed by atoms with E-state index in [4.69, 9.17) is 4.74 Å². The fourth-order valence-electron chi connectivity index (χ4n) is 4.67. The van der Waals surface area contributed by atoms with Gasteiger partial charge in [-0.1, -0.05) is 0 Å². The van der Waals surface area contributed by atoms with Crippen LogP contribution in [-0.2, 0) is 9.84 Å². The van der Waals surface area contributed by atoms with Crippen molar-refractivity contribution in [2.75, 3.05) is 57.0 Å². The highest BCUT2D eigenvalue weighted by Crippen LogP contribution is 2.25. The zero-order chi connectivity index (χ0) is 25.7. The molecule has 0 bridgehead atoms. The number of carbonyl (C=O) groups excluding carboxylic acids is 1. The minimum Gasteiger partial charge on any atom is -0.494 e. The molecular formula is C25H32N4O6S. The SMILES string of the molecule is CS(=O)(=O)c1ccc(OCCC2CCN(CCN3CCN(c4ccc([N+](=O)[O-])cc4)C3=O)CC2)cc1. The molecule has 11 heteroatoms. The first-order chi connectivity index (χ1) is 17.2. The van der Waals surface area contributed by atoms with Crippen molar-refractivity contribution >= 4 is 27.2 Å².